The van der Waals surface area contributed by atoms with Crippen LogP contribution in [0.2, 0.25) is 0 Å². The predicted molar refractivity (Wildman–Crippen MR) is 86.8 cm³/mol. The van der Waals surface area contributed by atoms with E-state index in [0.29, 0.717) is 18.7 Å². The van der Waals surface area contributed by atoms with Gasteiger partial charge in [0.25, 0.3) is 5.91 Å². The number of pyridine rings is 1. The Balaban J connectivity index is 1.71. The maximum atomic E-state index is 12.4. The highest BCUT2D eigenvalue weighted by Gasteiger charge is 2.39. The summed E-state index contributed by atoms with van der Waals surface area (Å²) in [6, 6.07) is 6.86. The van der Waals surface area contributed by atoms with Crippen LogP contribution in [-0.2, 0) is 4.79 Å². The van der Waals surface area contributed by atoms with Crippen LogP contribution in [0.1, 0.15) is 42.6 Å². The van der Waals surface area contributed by atoms with Crippen LogP contribution < -0.4 is 5.32 Å². The van der Waals surface area contributed by atoms with E-state index >= 15 is 0 Å². The summed E-state index contributed by atoms with van der Waals surface area (Å²) in [6.07, 6.45) is 7.40. The summed E-state index contributed by atoms with van der Waals surface area (Å²) in [6.45, 7) is 0.134. The first-order valence-electron chi connectivity index (χ1n) is 8.09. The summed E-state index contributed by atoms with van der Waals surface area (Å²) < 4.78 is 1.57. The number of rotatable bonds is 5. The summed E-state index contributed by atoms with van der Waals surface area (Å²) in [7, 11) is 0. The average Bonchev–Trinajstić information content (AvgIpc) is 3.15. The van der Waals surface area contributed by atoms with Gasteiger partial charge in [0.15, 0.2) is 5.82 Å². The monoisotopic (exact) mass is 328 g/mol. The minimum absolute atomic E-state index is 0.134. The molecule has 0 aromatic carbocycles. The van der Waals surface area contributed by atoms with Crippen molar-refractivity contribution in [2.75, 3.05) is 6.54 Å². The van der Waals surface area contributed by atoms with Crippen molar-refractivity contribution >= 4 is 11.9 Å². The Kier molecular flexibility index (Phi) is 4.59. The van der Waals surface area contributed by atoms with Crippen molar-refractivity contribution in [2.45, 2.75) is 32.1 Å². The summed E-state index contributed by atoms with van der Waals surface area (Å²) in [5.74, 6) is -0.658. The molecule has 1 aliphatic rings. The Labute approximate surface area is 139 Å². The van der Waals surface area contributed by atoms with E-state index in [1.807, 2.05) is 0 Å². The lowest BCUT2D eigenvalue weighted by molar-refractivity contribution is -0.150. The van der Waals surface area contributed by atoms with Crippen molar-refractivity contribution in [3.8, 4) is 5.82 Å². The Morgan fingerprint density at radius 3 is 2.67 bits per heavy atom. The molecular weight excluding hydrogens is 308 g/mol. The lowest BCUT2D eigenvalue weighted by Crippen LogP contribution is -2.44. The van der Waals surface area contributed by atoms with Crippen LogP contribution in [0.4, 0.5) is 0 Å². The van der Waals surface area contributed by atoms with Gasteiger partial charge in [-0.3, -0.25) is 9.59 Å². The third-order valence-electron chi connectivity index (χ3n) is 4.56. The summed E-state index contributed by atoms with van der Waals surface area (Å²) in [4.78, 5) is 28.3. The van der Waals surface area contributed by atoms with Gasteiger partial charge < -0.3 is 10.4 Å². The molecule has 1 aliphatic carbocycles. The van der Waals surface area contributed by atoms with Crippen LogP contribution in [0.25, 0.3) is 5.82 Å². The van der Waals surface area contributed by atoms with Crippen LogP contribution in [0, 0.1) is 5.41 Å². The second-order valence-corrected chi connectivity index (χ2v) is 6.16. The number of carbonyl (C=O) groups excluding carboxylic acids is 1. The molecule has 0 unspecified atom stereocenters. The van der Waals surface area contributed by atoms with Crippen LogP contribution in [-0.4, -0.2) is 38.3 Å². The molecule has 0 bridgehead atoms. The molecule has 1 saturated carbocycles. The standard InChI is InChI=1S/C17H20N4O3/c22-15(18-12-17(16(23)24)8-2-1-3-9-17)13-6-4-7-14(20-13)21-11-5-10-19-21/h4-7,10-11H,1-3,8-9,12H2,(H,18,22)(H,23,24). The van der Waals surface area contributed by atoms with Crippen molar-refractivity contribution in [1.29, 1.82) is 0 Å². The molecule has 1 amide bonds. The van der Waals surface area contributed by atoms with E-state index in [-0.39, 0.29) is 18.1 Å². The largest absolute Gasteiger partial charge is 0.481 e. The summed E-state index contributed by atoms with van der Waals surface area (Å²) in [5, 5.41) is 16.4. The van der Waals surface area contributed by atoms with E-state index in [1.165, 1.54) is 0 Å². The van der Waals surface area contributed by atoms with E-state index in [0.717, 1.165) is 19.3 Å². The van der Waals surface area contributed by atoms with Crippen molar-refractivity contribution in [3.63, 3.8) is 0 Å². The molecule has 7 heteroatoms. The zero-order chi connectivity index (χ0) is 17.0. The first-order chi connectivity index (χ1) is 11.6. The highest BCUT2D eigenvalue weighted by atomic mass is 16.4. The number of nitrogens with zero attached hydrogens (tertiary/aromatic N) is 3. The van der Waals surface area contributed by atoms with Gasteiger partial charge in [-0.25, -0.2) is 9.67 Å². The molecular formula is C17H20N4O3. The molecule has 2 aromatic heterocycles. The van der Waals surface area contributed by atoms with E-state index in [2.05, 4.69) is 15.4 Å². The van der Waals surface area contributed by atoms with Crippen molar-refractivity contribution < 1.29 is 14.7 Å². The molecule has 0 spiro atoms. The average molecular weight is 328 g/mol. The lowest BCUT2D eigenvalue weighted by atomic mass is 9.74. The van der Waals surface area contributed by atoms with E-state index in [9.17, 15) is 14.7 Å². The van der Waals surface area contributed by atoms with E-state index in [1.54, 1.807) is 41.3 Å². The van der Waals surface area contributed by atoms with Crippen LogP contribution >= 0.6 is 0 Å². The molecule has 0 radical (unpaired) electrons. The third kappa shape index (κ3) is 3.29. The SMILES string of the molecule is O=C(NCC1(C(=O)O)CCCCC1)c1cccc(-n2cccn2)n1. The smallest absolute Gasteiger partial charge is 0.311 e. The number of amides is 1. The number of carboxylic acid groups (broad SMARTS) is 1. The molecule has 24 heavy (non-hydrogen) atoms. The third-order valence-corrected chi connectivity index (χ3v) is 4.56. The van der Waals surface area contributed by atoms with Gasteiger partial charge in [-0.05, 0) is 31.0 Å². The molecule has 0 aliphatic heterocycles. The van der Waals surface area contributed by atoms with Gasteiger partial charge in [0.05, 0.1) is 5.41 Å². The summed E-state index contributed by atoms with van der Waals surface area (Å²) in [5.41, 5.74) is -0.604. The summed E-state index contributed by atoms with van der Waals surface area (Å²) >= 11 is 0. The second kappa shape index (κ2) is 6.82. The Morgan fingerprint density at radius 2 is 2.00 bits per heavy atom. The van der Waals surface area contributed by atoms with Crippen molar-refractivity contribution in [3.05, 3.63) is 42.4 Å². The number of nitrogens with one attached hydrogen (secondary N) is 1. The minimum atomic E-state index is -0.854. The normalized spacial score (nSPS) is 16.5. The molecule has 1 fully saturated rings. The number of aliphatic carboxylic acids is 1. The molecule has 2 heterocycles. The maximum Gasteiger partial charge on any atom is 0.311 e. The van der Waals surface area contributed by atoms with Gasteiger partial charge in [-0.1, -0.05) is 25.3 Å². The highest BCUT2D eigenvalue weighted by Crippen LogP contribution is 2.36. The van der Waals surface area contributed by atoms with Crippen LogP contribution in [0.3, 0.4) is 0 Å². The molecule has 126 valence electrons. The molecule has 0 saturated heterocycles. The van der Waals surface area contributed by atoms with Gasteiger partial charge in [-0.15, -0.1) is 0 Å². The van der Waals surface area contributed by atoms with Crippen LogP contribution in [0.15, 0.2) is 36.7 Å². The van der Waals surface area contributed by atoms with Gasteiger partial charge in [-0.2, -0.15) is 5.10 Å². The van der Waals surface area contributed by atoms with Gasteiger partial charge in [0.1, 0.15) is 5.69 Å². The lowest BCUT2D eigenvalue weighted by Gasteiger charge is -2.33. The zero-order valence-corrected chi connectivity index (χ0v) is 13.3. The first kappa shape index (κ1) is 16.2. The van der Waals surface area contributed by atoms with Gasteiger partial charge in [0.2, 0.25) is 0 Å². The fourth-order valence-electron chi connectivity index (χ4n) is 3.12. The quantitative estimate of drug-likeness (QED) is 0.875. The first-order valence-corrected chi connectivity index (χ1v) is 8.09. The van der Waals surface area contributed by atoms with E-state index < -0.39 is 11.4 Å². The van der Waals surface area contributed by atoms with Gasteiger partial charge >= 0.3 is 5.97 Å². The second-order valence-electron chi connectivity index (χ2n) is 6.16. The Hall–Kier alpha value is -2.70. The number of carboxylic acids is 1. The van der Waals surface area contributed by atoms with Crippen LogP contribution in [0.5, 0.6) is 0 Å². The number of carbonyl (C=O) groups is 2. The Bertz CT molecular complexity index is 721. The number of hydrogen-bond donors (Lipinski definition) is 2. The van der Waals surface area contributed by atoms with Gasteiger partial charge in [0, 0.05) is 18.9 Å². The molecule has 0 atom stereocenters. The Morgan fingerprint density at radius 1 is 1.21 bits per heavy atom. The topological polar surface area (TPSA) is 97.1 Å². The fraction of sp³-hybridized carbons (Fsp3) is 0.412. The molecule has 7 nitrogen and oxygen atoms in total. The minimum Gasteiger partial charge on any atom is -0.481 e. The maximum absolute atomic E-state index is 12.4. The zero-order valence-electron chi connectivity index (χ0n) is 13.3. The predicted octanol–water partition coefficient (Wildman–Crippen LogP) is 2.03. The molecule has 2 N–H and O–H groups in total. The van der Waals surface area contributed by atoms with E-state index in [4.69, 9.17) is 0 Å². The molecule has 3 rings (SSSR count). The van der Waals surface area contributed by atoms with Crippen molar-refractivity contribution in [2.24, 2.45) is 5.41 Å². The van der Waals surface area contributed by atoms with Crippen molar-refractivity contribution in [1.82, 2.24) is 20.1 Å². The highest BCUT2D eigenvalue weighted by molar-refractivity contribution is 5.92. The molecule has 2 aromatic rings. The number of hydrogen-bond acceptors (Lipinski definition) is 4. The number of aromatic nitrogens is 3. The fourth-order valence-corrected chi connectivity index (χ4v) is 3.12.